The average molecular weight is 369 g/mol. The van der Waals surface area contributed by atoms with E-state index >= 15 is 0 Å². The van der Waals surface area contributed by atoms with Gasteiger partial charge in [-0.25, -0.2) is 8.42 Å². The predicted octanol–water partition coefficient (Wildman–Crippen LogP) is 0.321. The standard InChI is InChI=1S/C17H27N3O4S/c1-24-16-5-3-4-15(14-16)6-7-17(21)18-8-9-19-10-12-20(13-11-19)25(2,22)23/h3-5,14H,6-13H2,1-2H3,(H,18,21). The third-order valence-corrected chi connectivity index (χ3v) is 5.63. The first-order chi connectivity index (χ1) is 11.9. The van der Waals surface area contributed by atoms with Crippen LogP contribution >= 0.6 is 0 Å². The number of sulfonamides is 1. The summed E-state index contributed by atoms with van der Waals surface area (Å²) in [5.41, 5.74) is 1.08. The Morgan fingerprint density at radius 2 is 1.96 bits per heavy atom. The lowest BCUT2D eigenvalue weighted by molar-refractivity contribution is -0.121. The van der Waals surface area contributed by atoms with Crippen molar-refractivity contribution in [2.45, 2.75) is 12.8 Å². The summed E-state index contributed by atoms with van der Waals surface area (Å²) < 4.78 is 29.6. The number of carbonyl (C=O) groups excluding carboxylic acids is 1. The van der Waals surface area contributed by atoms with Crippen LogP contribution in [0.25, 0.3) is 0 Å². The van der Waals surface area contributed by atoms with E-state index in [2.05, 4.69) is 10.2 Å². The van der Waals surface area contributed by atoms with Crippen LogP contribution in [0, 0.1) is 0 Å². The van der Waals surface area contributed by atoms with Gasteiger partial charge < -0.3 is 10.1 Å². The van der Waals surface area contributed by atoms with Gasteiger partial charge in [-0.1, -0.05) is 12.1 Å². The van der Waals surface area contributed by atoms with Crippen molar-refractivity contribution in [1.29, 1.82) is 0 Å². The fourth-order valence-corrected chi connectivity index (χ4v) is 3.64. The molecule has 8 heteroatoms. The third kappa shape index (κ3) is 6.64. The van der Waals surface area contributed by atoms with Crippen LogP contribution in [0.1, 0.15) is 12.0 Å². The van der Waals surface area contributed by atoms with Crippen LogP contribution in [0.4, 0.5) is 0 Å². The van der Waals surface area contributed by atoms with Crippen molar-refractivity contribution >= 4 is 15.9 Å². The van der Waals surface area contributed by atoms with E-state index in [1.165, 1.54) is 10.6 Å². The number of rotatable bonds is 8. The lowest BCUT2D eigenvalue weighted by Gasteiger charge is -2.33. The number of methoxy groups -OCH3 is 1. The molecule has 1 aromatic rings. The minimum Gasteiger partial charge on any atom is -0.497 e. The molecule has 1 aliphatic heterocycles. The molecule has 0 unspecified atom stereocenters. The molecule has 0 aromatic heterocycles. The van der Waals surface area contributed by atoms with Crippen molar-refractivity contribution in [3.05, 3.63) is 29.8 Å². The zero-order valence-corrected chi connectivity index (χ0v) is 15.7. The molecule has 1 saturated heterocycles. The summed E-state index contributed by atoms with van der Waals surface area (Å²) in [6.07, 6.45) is 2.36. The molecule has 1 amide bonds. The Bertz CT molecular complexity index is 670. The van der Waals surface area contributed by atoms with E-state index in [0.717, 1.165) is 17.9 Å². The molecular weight excluding hydrogens is 342 g/mol. The number of piperazine rings is 1. The Hall–Kier alpha value is -1.64. The zero-order valence-electron chi connectivity index (χ0n) is 14.9. The van der Waals surface area contributed by atoms with Gasteiger partial charge in [-0.05, 0) is 24.1 Å². The topological polar surface area (TPSA) is 79.0 Å². The Kier molecular flexibility index (Phi) is 7.22. The van der Waals surface area contributed by atoms with Crippen molar-refractivity contribution in [3.63, 3.8) is 0 Å². The van der Waals surface area contributed by atoms with Crippen molar-refractivity contribution < 1.29 is 17.9 Å². The van der Waals surface area contributed by atoms with Gasteiger partial charge in [-0.2, -0.15) is 4.31 Å². The molecule has 1 fully saturated rings. The monoisotopic (exact) mass is 369 g/mol. The van der Waals surface area contributed by atoms with E-state index in [4.69, 9.17) is 4.74 Å². The normalized spacial score (nSPS) is 16.6. The van der Waals surface area contributed by atoms with Gasteiger partial charge in [-0.15, -0.1) is 0 Å². The maximum absolute atomic E-state index is 11.9. The van der Waals surface area contributed by atoms with Crippen LogP contribution in [0.5, 0.6) is 5.75 Å². The first kappa shape index (κ1) is 19.7. The molecule has 2 rings (SSSR count). The number of nitrogens with zero attached hydrogens (tertiary/aromatic N) is 2. The second-order valence-corrected chi connectivity index (χ2v) is 8.19. The van der Waals surface area contributed by atoms with Crippen LogP contribution in [0.2, 0.25) is 0 Å². The lowest BCUT2D eigenvalue weighted by atomic mass is 10.1. The molecular formula is C17H27N3O4S. The average Bonchev–Trinajstić information content (AvgIpc) is 2.60. The molecule has 1 aliphatic rings. The Morgan fingerprint density at radius 1 is 1.24 bits per heavy atom. The number of nitrogens with one attached hydrogen (secondary N) is 1. The van der Waals surface area contributed by atoms with E-state index < -0.39 is 10.0 Å². The number of hydrogen-bond donors (Lipinski definition) is 1. The fourth-order valence-electron chi connectivity index (χ4n) is 2.81. The summed E-state index contributed by atoms with van der Waals surface area (Å²) in [6.45, 7) is 3.75. The van der Waals surface area contributed by atoms with Crippen LogP contribution in [0.3, 0.4) is 0 Å². The molecule has 0 radical (unpaired) electrons. The minimum absolute atomic E-state index is 0.0255. The van der Waals surface area contributed by atoms with Crippen molar-refractivity contribution in [1.82, 2.24) is 14.5 Å². The summed E-state index contributed by atoms with van der Waals surface area (Å²) in [7, 11) is -1.47. The zero-order chi connectivity index (χ0) is 18.3. The maximum atomic E-state index is 11.9. The van der Waals surface area contributed by atoms with E-state index in [0.29, 0.717) is 45.6 Å². The Labute approximate surface area is 150 Å². The first-order valence-electron chi connectivity index (χ1n) is 8.45. The summed E-state index contributed by atoms with van der Waals surface area (Å²) in [5, 5.41) is 2.93. The predicted molar refractivity (Wildman–Crippen MR) is 97.2 cm³/mol. The highest BCUT2D eigenvalue weighted by Gasteiger charge is 2.22. The molecule has 25 heavy (non-hydrogen) atoms. The highest BCUT2D eigenvalue weighted by Crippen LogP contribution is 2.13. The van der Waals surface area contributed by atoms with Gasteiger partial charge in [0.25, 0.3) is 0 Å². The molecule has 1 heterocycles. The third-order valence-electron chi connectivity index (χ3n) is 4.33. The summed E-state index contributed by atoms with van der Waals surface area (Å²) in [4.78, 5) is 14.1. The van der Waals surface area contributed by atoms with Crippen molar-refractivity contribution in [2.75, 3.05) is 52.6 Å². The number of aryl methyl sites for hydroxylation is 1. The van der Waals surface area contributed by atoms with Crippen molar-refractivity contribution in [3.8, 4) is 5.75 Å². The molecule has 1 aromatic carbocycles. The summed E-state index contributed by atoms with van der Waals surface area (Å²) >= 11 is 0. The van der Waals surface area contributed by atoms with Gasteiger partial charge in [0.2, 0.25) is 15.9 Å². The van der Waals surface area contributed by atoms with E-state index in [1.54, 1.807) is 7.11 Å². The minimum atomic E-state index is -3.09. The number of ether oxygens (including phenoxy) is 1. The van der Waals surface area contributed by atoms with E-state index in [1.807, 2.05) is 24.3 Å². The molecule has 7 nitrogen and oxygen atoms in total. The van der Waals surface area contributed by atoms with Gasteiger partial charge in [-0.3, -0.25) is 9.69 Å². The molecule has 0 bridgehead atoms. The number of amides is 1. The molecule has 0 aliphatic carbocycles. The van der Waals surface area contributed by atoms with Crippen LogP contribution in [0.15, 0.2) is 24.3 Å². The maximum Gasteiger partial charge on any atom is 0.220 e. The number of hydrogen-bond acceptors (Lipinski definition) is 5. The van der Waals surface area contributed by atoms with Gasteiger partial charge in [0.15, 0.2) is 0 Å². The Balaban J connectivity index is 1.63. The second kappa shape index (κ2) is 9.17. The molecule has 0 atom stereocenters. The number of carbonyl (C=O) groups is 1. The number of benzene rings is 1. The Morgan fingerprint density at radius 3 is 2.60 bits per heavy atom. The molecule has 0 saturated carbocycles. The summed E-state index contributed by atoms with van der Waals surface area (Å²) in [5.74, 6) is 0.823. The molecule has 140 valence electrons. The first-order valence-corrected chi connectivity index (χ1v) is 10.3. The van der Waals surface area contributed by atoms with Crippen LogP contribution in [-0.4, -0.2) is 76.2 Å². The van der Waals surface area contributed by atoms with Gasteiger partial charge >= 0.3 is 0 Å². The van der Waals surface area contributed by atoms with Gasteiger partial charge in [0, 0.05) is 45.7 Å². The van der Waals surface area contributed by atoms with Crippen LogP contribution in [-0.2, 0) is 21.2 Å². The van der Waals surface area contributed by atoms with Gasteiger partial charge in [0.1, 0.15) is 5.75 Å². The van der Waals surface area contributed by atoms with E-state index in [-0.39, 0.29) is 5.91 Å². The smallest absolute Gasteiger partial charge is 0.220 e. The second-order valence-electron chi connectivity index (χ2n) is 6.21. The van der Waals surface area contributed by atoms with E-state index in [9.17, 15) is 13.2 Å². The summed E-state index contributed by atoms with van der Waals surface area (Å²) in [6, 6.07) is 7.72. The molecule has 0 spiro atoms. The SMILES string of the molecule is COc1cccc(CCC(=O)NCCN2CCN(S(C)(=O)=O)CC2)c1. The lowest BCUT2D eigenvalue weighted by Crippen LogP contribution is -2.49. The van der Waals surface area contributed by atoms with Crippen molar-refractivity contribution in [2.24, 2.45) is 0 Å². The largest absolute Gasteiger partial charge is 0.497 e. The fraction of sp³-hybridized carbons (Fsp3) is 0.588. The van der Waals surface area contributed by atoms with Crippen LogP contribution < -0.4 is 10.1 Å². The van der Waals surface area contributed by atoms with Gasteiger partial charge in [0.05, 0.1) is 13.4 Å². The molecule has 1 N–H and O–H groups in total. The highest BCUT2D eigenvalue weighted by molar-refractivity contribution is 7.88. The quantitative estimate of drug-likeness (QED) is 0.714. The highest BCUT2D eigenvalue weighted by atomic mass is 32.2.